The third-order valence-corrected chi connectivity index (χ3v) is 4.80. The Morgan fingerprint density at radius 3 is 2.33 bits per heavy atom. The molecular weight excluding hydrogens is 377 g/mol. The van der Waals surface area contributed by atoms with Crippen molar-refractivity contribution in [2.24, 2.45) is 0 Å². The van der Waals surface area contributed by atoms with E-state index in [0.29, 0.717) is 0 Å². The number of carbonyl (C=O) groups is 1. The number of benzene rings is 1. The summed E-state index contributed by atoms with van der Waals surface area (Å²) in [5, 5.41) is 8.30. The molecule has 0 aliphatic carbocycles. The second kappa shape index (κ2) is 7.63. The molecule has 3 heterocycles. The fourth-order valence-corrected chi connectivity index (χ4v) is 3.47. The molecule has 4 rings (SSSR count). The lowest BCUT2D eigenvalue weighted by atomic mass is 10.1. The van der Waals surface area contributed by atoms with Crippen LogP contribution in [0.3, 0.4) is 0 Å². The Balaban J connectivity index is 0.000000260. The van der Waals surface area contributed by atoms with E-state index in [9.17, 15) is 13.2 Å². The number of alkyl halides is 3. The SMILES string of the molecule is O=C(O)C(F)(F)F.c1ccc(-c2ccc(-c3ccnc4[nH]ccc34)s2)cc1. The van der Waals surface area contributed by atoms with E-state index in [1.807, 2.05) is 29.8 Å². The molecule has 8 heteroatoms. The smallest absolute Gasteiger partial charge is 0.475 e. The van der Waals surface area contributed by atoms with E-state index in [4.69, 9.17) is 9.90 Å². The van der Waals surface area contributed by atoms with Crippen molar-refractivity contribution in [3.05, 3.63) is 67.0 Å². The van der Waals surface area contributed by atoms with Crippen LogP contribution in [-0.4, -0.2) is 27.2 Å². The molecular formula is C19H13F3N2O2S. The van der Waals surface area contributed by atoms with E-state index in [1.54, 1.807) is 0 Å². The van der Waals surface area contributed by atoms with Gasteiger partial charge in [0, 0.05) is 33.1 Å². The number of halogens is 3. The summed E-state index contributed by atoms with van der Waals surface area (Å²) in [4.78, 5) is 19.0. The van der Waals surface area contributed by atoms with Crippen LogP contribution in [0, 0.1) is 0 Å². The third-order valence-electron chi connectivity index (χ3n) is 3.63. The minimum atomic E-state index is -5.08. The van der Waals surface area contributed by atoms with E-state index < -0.39 is 12.1 Å². The van der Waals surface area contributed by atoms with Gasteiger partial charge in [-0.05, 0) is 29.8 Å². The Morgan fingerprint density at radius 2 is 1.67 bits per heavy atom. The lowest BCUT2D eigenvalue weighted by Gasteiger charge is -1.99. The predicted molar refractivity (Wildman–Crippen MR) is 98.5 cm³/mol. The molecule has 0 unspecified atom stereocenters. The van der Waals surface area contributed by atoms with Gasteiger partial charge in [-0.1, -0.05) is 30.3 Å². The first-order valence-electron chi connectivity index (χ1n) is 7.74. The molecule has 3 aromatic heterocycles. The minimum Gasteiger partial charge on any atom is -0.475 e. The van der Waals surface area contributed by atoms with Crippen molar-refractivity contribution in [3.8, 4) is 20.9 Å². The molecule has 0 atom stereocenters. The first-order chi connectivity index (χ1) is 12.9. The Labute approximate surface area is 155 Å². The molecule has 138 valence electrons. The number of aromatic nitrogens is 2. The van der Waals surface area contributed by atoms with Crippen molar-refractivity contribution in [1.82, 2.24) is 9.97 Å². The van der Waals surface area contributed by atoms with Gasteiger partial charge >= 0.3 is 12.1 Å². The van der Waals surface area contributed by atoms with Crippen molar-refractivity contribution < 1.29 is 23.1 Å². The molecule has 0 spiro atoms. The lowest BCUT2D eigenvalue weighted by molar-refractivity contribution is -0.192. The summed E-state index contributed by atoms with van der Waals surface area (Å²) < 4.78 is 31.7. The van der Waals surface area contributed by atoms with Crippen LogP contribution in [0.1, 0.15) is 0 Å². The number of rotatable bonds is 2. The topological polar surface area (TPSA) is 66.0 Å². The fourth-order valence-electron chi connectivity index (χ4n) is 2.42. The van der Waals surface area contributed by atoms with Gasteiger partial charge in [0.05, 0.1) is 0 Å². The zero-order valence-corrected chi connectivity index (χ0v) is 14.5. The van der Waals surface area contributed by atoms with E-state index in [0.717, 1.165) is 5.65 Å². The van der Waals surface area contributed by atoms with Gasteiger partial charge in [0.2, 0.25) is 0 Å². The highest BCUT2D eigenvalue weighted by Gasteiger charge is 2.38. The van der Waals surface area contributed by atoms with Crippen LogP contribution in [0.5, 0.6) is 0 Å². The van der Waals surface area contributed by atoms with Crippen molar-refractivity contribution in [1.29, 1.82) is 0 Å². The highest BCUT2D eigenvalue weighted by atomic mass is 32.1. The maximum Gasteiger partial charge on any atom is 0.490 e. The number of nitrogens with zero attached hydrogens (tertiary/aromatic N) is 1. The van der Waals surface area contributed by atoms with Crippen LogP contribution >= 0.6 is 11.3 Å². The van der Waals surface area contributed by atoms with Crippen molar-refractivity contribution in [2.45, 2.75) is 6.18 Å². The number of fused-ring (bicyclic) bond motifs is 1. The molecule has 4 aromatic rings. The van der Waals surface area contributed by atoms with Gasteiger partial charge in [0.25, 0.3) is 0 Å². The number of hydrogen-bond donors (Lipinski definition) is 2. The number of carboxylic acids is 1. The van der Waals surface area contributed by atoms with Crippen LogP contribution in [0.15, 0.2) is 67.0 Å². The first kappa shape index (κ1) is 18.7. The van der Waals surface area contributed by atoms with Crippen LogP contribution in [-0.2, 0) is 4.79 Å². The van der Waals surface area contributed by atoms with E-state index in [1.165, 1.54) is 26.3 Å². The maximum absolute atomic E-state index is 10.6. The quantitative estimate of drug-likeness (QED) is 0.469. The standard InChI is InChI=1S/C17H12N2S.C2HF3O2/c1-2-4-12(5-3-1)15-6-7-16(20-15)13-8-10-18-17-14(13)9-11-19-17;3-2(4,5)1(6)7/h1-11H,(H,18,19);(H,6,7). The number of H-pyrrole nitrogens is 1. The zero-order valence-electron chi connectivity index (χ0n) is 13.7. The van der Waals surface area contributed by atoms with Gasteiger partial charge in [0.15, 0.2) is 0 Å². The number of hydrogen-bond acceptors (Lipinski definition) is 3. The normalized spacial score (nSPS) is 11.1. The molecule has 0 aliphatic rings. The Hall–Kier alpha value is -3.13. The first-order valence-corrected chi connectivity index (χ1v) is 8.56. The van der Waals surface area contributed by atoms with Crippen molar-refractivity contribution >= 4 is 28.3 Å². The summed E-state index contributed by atoms with van der Waals surface area (Å²) in [6.45, 7) is 0. The van der Waals surface area contributed by atoms with Gasteiger partial charge < -0.3 is 10.1 Å². The number of aromatic amines is 1. The summed E-state index contributed by atoms with van der Waals surface area (Å²) in [5.74, 6) is -2.76. The average Bonchev–Trinajstić information content (AvgIpc) is 3.31. The third kappa shape index (κ3) is 4.35. The maximum atomic E-state index is 10.6. The number of carboxylic acid groups (broad SMARTS) is 1. The summed E-state index contributed by atoms with van der Waals surface area (Å²) >= 11 is 1.82. The van der Waals surface area contributed by atoms with Crippen LogP contribution in [0.4, 0.5) is 13.2 Å². The molecule has 2 N–H and O–H groups in total. The van der Waals surface area contributed by atoms with Gasteiger partial charge in [-0.3, -0.25) is 0 Å². The molecule has 0 amide bonds. The highest BCUT2D eigenvalue weighted by Crippen LogP contribution is 2.36. The van der Waals surface area contributed by atoms with Crippen LogP contribution in [0.25, 0.3) is 31.9 Å². The molecule has 0 aliphatic heterocycles. The number of thiophene rings is 1. The van der Waals surface area contributed by atoms with Gasteiger partial charge in [-0.15, -0.1) is 11.3 Å². The van der Waals surface area contributed by atoms with E-state index >= 15 is 0 Å². The monoisotopic (exact) mass is 390 g/mol. The minimum absolute atomic E-state index is 0.942. The molecule has 0 fully saturated rings. The molecule has 0 saturated carbocycles. The van der Waals surface area contributed by atoms with Crippen LogP contribution in [0.2, 0.25) is 0 Å². The van der Waals surface area contributed by atoms with Gasteiger partial charge in [-0.2, -0.15) is 13.2 Å². The Kier molecular flexibility index (Phi) is 5.27. The van der Waals surface area contributed by atoms with Crippen molar-refractivity contribution in [3.63, 3.8) is 0 Å². The fraction of sp³-hybridized carbons (Fsp3) is 0.0526. The lowest BCUT2D eigenvalue weighted by Crippen LogP contribution is -2.21. The second-order valence-electron chi connectivity index (χ2n) is 5.43. The molecule has 1 aromatic carbocycles. The molecule has 4 nitrogen and oxygen atoms in total. The number of aliphatic carboxylic acids is 1. The van der Waals surface area contributed by atoms with Gasteiger partial charge in [0.1, 0.15) is 5.65 Å². The summed E-state index contributed by atoms with van der Waals surface area (Å²) in [5.41, 5.74) is 3.45. The molecule has 27 heavy (non-hydrogen) atoms. The number of pyridine rings is 1. The van der Waals surface area contributed by atoms with E-state index in [-0.39, 0.29) is 0 Å². The summed E-state index contributed by atoms with van der Waals surface area (Å²) in [6, 6.07) is 19.0. The van der Waals surface area contributed by atoms with E-state index in [2.05, 4.69) is 58.5 Å². The Bertz CT molecular complexity index is 1060. The summed E-state index contributed by atoms with van der Waals surface area (Å²) in [6.07, 6.45) is -1.29. The second-order valence-corrected chi connectivity index (χ2v) is 6.52. The molecule has 0 saturated heterocycles. The highest BCUT2D eigenvalue weighted by molar-refractivity contribution is 7.18. The van der Waals surface area contributed by atoms with Crippen molar-refractivity contribution in [2.75, 3.05) is 0 Å². The molecule has 0 radical (unpaired) electrons. The van der Waals surface area contributed by atoms with Gasteiger partial charge in [-0.25, -0.2) is 9.78 Å². The molecule has 0 bridgehead atoms. The average molecular weight is 390 g/mol. The summed E-state index contributed by atoms with van der Waals surface area (Å²) in [7, 11) is 0. The Morgan fingerprint density at radius 1 is 1.00 bits per heavy atom. The van der Waals surface area contributed by atoms with Crippen LogP contribution < -0.4 is 0 Å². The zero-order chi connectivity index (χ0) is 19.4. The number of nitrogens with one attached hydrogen (secondary N) is 1. The largest absolute Gasteiger partial charge is 0.490 e. The predicted octanol–water partition coefficient (Wildman–Crippen LogP) is 5.59.